The van der Waals surface area contributed by atoms with Crippen LogP contribution in [0.3, 0.4) is 0 Å². The monoisotopic (exact) mass is 665 g/mol. The van der Waals surface area contributed by atoms with Crippen molar-refractivity contribution in [3.63, 3.8) is 0 Å². The summed E-state index contributed by atoms with van der Waals surface area (Å²) in [4.78, 5) is 38.1. The largest absolute Gasteiger partial charge is 0.478 e. The lowest BCUT2D eigenvalue weighted by atomic mass is 9.99. The minimum atomic E-state index is -1.01. The molecule has 9 heteroatoms. The third-order valence-corrected chi connectivity index (χ3v) is 10.1. The molecule has 0 unspecified atom stereocenters. The molecule has 7 aromatic rings. The van der Waals surface area contributed by atoms with Crippen molar-refractivity contribution in [1.82, 2.24) is 9.97 Å². The lowest BCUT2D eigenvalue weighted by molar-refractivity contribution is 0.0686. The molecule has 0 radical (unpaired) electrons. The molecule has 4 aromatic carbocycles. The number of thiophene rings is 2. The van der Waals surface area contributed by atoms with Crippen LogP contribution in [0.5, 0.6) is 0 Å². The molecule has 0 saturated heterocycles. The molecule has 0 aliphatic carbocycles. The van der Waals surface area contributed by atoms with Crippen LogP contribution in [-0.4, -0.2) is 32.1 Å². The van der Waals surface area contributed by atoms with Gasteiger partial charge in [-0.25, -0.2) is 19.6 Å². The lowest BCUT2D eigenvalue weighted by Crippen LogP contribution is -2.01. The van der Waals surface area contributed by atoms with Crippen LogP contribution in [0.2, 0.25) is 0 Å². The maximum Gasteiger partial charge on any atom is 0.335 e. The van der Waals surface area contributed by atoms with Crippen LogP contribution in [-0.2, 0) is 0 Å². The van der Waals surface area contributed by atoms with Gasteiger partial charge in [0.2, 0.25) is 0 Å². The predicted molar refractivity (Wildman–Crippen MR) is 193 cm³/mol. The fraction of sp³-hybridized carbons (Fsp3) is 0.0256. The van der Waals surface area contributed by atoms with Crippen molar-refractivity contribution in [2.45, 2.75) is 6.92 Å². The highest BCUT2D eigenvalue weighted by Gasteiger charge is 2.22. The van der Waals surface area contributed by atoms with Crippen LogP contribution in [0.1, 0.15) is 25.6 Å². The van der Waals surface area contributed by atoms with Crippen molar-refractivity contribution < 1.29 is 19.8 Å². The van der Waals surface area contributed by atoms with E-state index in [0.717, 1.165) is 26.4 Å². The second-order valence-corrected chi connectivity index (χ2v) is 13.5. The molecular formula is C39H27N3O4S2. The summed E-state index contributed by atoms with van der Waals surface area (Å²) in [7, 11) is 0. The molecule has 0 aliphatic rings. The molecule has 234 valence electrons. The van der Waals surface area contributed by atoms with Gasteiger partial charge in [0.25, 0.3) is 0 Å². The number of aryl methyl sites for hydroxylation is 1. The number of hydrogen-bond donors (Lipinski definition) is 3. The Kier molecular flexibility index (Phi) is 8.14. The maximum atomic E-state index is 11.7. The Hall–Kier alpha value is -5.90. The van der Waals surface area contributed by atoms with Gasteiger partial charge in [-0.2, -0.15) is 0 Å². The number of aromatic nitrogens is 2. The quantitative estimate of drug-likeness (QED) is 0.138. The summed E-state index contributed by atoms with van der Waals surface area (Å²) in [5.74, 6) is -2.02. The Morgan fingerprint density at radius 2 is 0.854 bits per heavy atom. The highest BCUT2D eigenvalue weighted by Crippen LogP contribution is 2.42. The standard InChI is InChI=1S/C39H27N3O4S2/c1-22-2-19-31(47-22)23-3-5-25(6-4-23)34-35(26-7-11-28(12-8-26)38(43)44)42-37(36(41-34)27-9-13-29(14-10-27)39(45)46)33-21-20-32(48-33)24-15-17-30(40)18-16-24/h2-21H,40H2,1H3,(H,43,44)(H,45,46). The first-order valence-corrected chi connectivity index (χ1v) is 16.6. The molecule has 0 aliphatic heterocycles. The first-order chi connectivity index (χ1) is 23.2. The maximum absolute atomic E-state index is 11.7. The van der Waals surface area contributed by atoms with E-state index in [4.69, 9.17) is 15.7 Å². The molecule has 7 rings (SSSR count). The Morgan fingerprint density at radius 3 is 1.33 bits per heavy atom. The SMILES string of the molecule is Cc1ccc(-c2ccc(-c3nc(-c4ccc(C(=O)O)cc4)c(-c4ccc(-c5ccc(N)cc5)s4)nc3-c3ccc(C(=O)O)cc3)cc2)s1. The van der Waals surface area contributed by atoms with E-state index >= 15 is 0 Å². The zero-order valence-corrected chi connectivity index (χ0v) is 27.2. The molecule has 3 aromatic heterocycles. The average molecular weight is 666 g/mol. The van der Waals surface area contributed by atoms with Crippen molar-refractivity contribution in [2.24, 2.45) is 0 Å². The lowest BCUT2D eigenvalue weighted by Gasteiger charge is -2.16. The minimum absolute atomic E-state index is 0.171. The van der Waals surface area contributed by atoms with Crippen LogP contribution in [0, 0.1) is 6.92 Å². The number of benzene rings is 4. The number of anilines is 1. The molecule has 7 nitrogen and oxygen atoms in total. The number of carboxylic acids is 2. The van der Waals surface area contributed by atoms with Crippen molar-refractivity contribution >= 4 is 40.3 Å². The number of aromatic carboxylic acids is 2. The molecule has 0 amide bonds. The first-order valence-electron chi connectivity index (χ1n) is 15.0. The summed E-state index contributed by atoms with van der Waals surface area (Å²) in [6.45, 7) is 2.08. The van der Waals surface area contributed by atoms with Gasteiger partial charge in [-0.15, -0.1) is 22.7 Å². The van der Waals surface area contributed by atoms with Gasteiger partial charge in [-0.05, 0) is 78.7 Å². The number of nitrogen functional groups attached to an aromatic ring is 1. The second-order valence-electron chi connectivity index (χ2n) is 11.2. The van der Waals surface area contributed by atoms with Gasteiger partial charge in [-0.3, -0.25) is 0 Å². The van der Waals surface area contributed by atoms with Crippen LogP contribution >= 0.6 is 22.7 Å². The number of nitrogens with zero attached hydrogens (tertiary/aromatic N) is 2. The van der Waals surface area contributed by atoms with E-state index in [9.17, 15) is 19.8 Å². The zero-order chi connectivity index (χ0) is 33.4. The normalized spacial score (nSPS) is 11.0. The Bertz CT molecular complexity index is 2290. The number of hydrogen-bond acceptors (Lipinski definition) is 7. The molecule has 0 atom stereocenters. The fourth-order valence-electron chi connectivity index (χ4n) is 5.40. The van der Waals surface area contributed by atoms with Gasteiger partial charge in [-0.1, -0.05) is 60.7 Å². The van der Waals surface area contributed by atoms with Crippen molar-refractivity contribution in [3.05, 3.63) is 137 Å². The van der Waals surface area contributed by atoms with Crippen molar-refractivity contribution in [1.29, 1.82) is 0 Å². The fourth-order valence-corrected chi connectivity index (χ4v) is 7.28. The number of carbonyl (C=O) groups is 2. The third kappa shape index (κ3) is 6.12. The number of rotatable bonds is 8. The zero-order valence-electron chi connectivity index (χ0n) is 25.5. The number of nitrogens with two attached hydrogens (primary N) is 1. The summed E-state index contributed by atoms with van der Waals surface area (Å²) in [5.41, 5.74) is 13.7. The first kappa shape index (κ1) is 30.7. The molecule has 0 fully saturated rings. The van der Waals surface area contributed by atoms with Gasteiger partial charge in [0, 0.05) is 37.0 Å². The van der Waals surface area contributed by atoms with E-state index in [1.165, 1.54) is 9.75 Å². The second kappa shape index (κ2) is 12.7. The summed E-state index contributed by atoms with van der Waals surface area (Å²) in [5, 5.41) is 19.1. The van der Waals surface area contributed by atoms with Gasteiger partial charge >= 0.3 is 11.9 Å². The van der Waals surface area contributed by atoms with Crippen molar-refractivity contribution in [2.75, 3.05) is 5.73 Å². The average Bonchev–Trinajstić information content (AvgIpc) is 3.78. The van der Waals surface area contributed by atoms with Gasteiger partial charge < -0.3 is 15.9 Å². The van der Waals surface area contributed by atoms with Gasteiger partial charge in [0.05, 0.1) is 33.1 Å². The Morgan fingerprint density at radius 1 is 0.479 bits per heavy atom. The summed E-state index contributed by atoms with van der Waals surface area (Å²) in [6, 6.07) is 37.3. The van der Waals surface area contributed by atoms with E-state index in [0.29, 0.717) is 39.6 Å². The Labute approximate surface area is 284 Å². The smallest absolute Gasteiger partial charge is 0.335 e. The van der Waals surface area contributed by atoms with E-state index in [-0.39, 0.29) is 11.1 Å². The summed E-state index contributed by atoms with van der Waals surface area (Å²) in [6.07, 6.45) is 0. The van der Waals surface area contributed by atoms with E-state index in [1.807, 2.05) is 48.5 Å². The number of carboxylic acid groups (broad SMARTS) is 2. The van der Waals surface area contributed by atoms with Crippen LogP contribution in [0.15, 0.2) is 121 Å². The molecule has 48 heavy (non-hydrogen) atoms. The van der Waals surface area contributed by atoms with Crippen LogP contribution in [0.25, 0.3) is 65.2 Å². The summed E-state index contributed by atoms with van der Waals surface area (Å²) >= 11 is 3.29. The minimum Gasteiger partial charge on any atom is -0.478 e. The van der Waals surface area contributed by atoms with Crippen molar-refractivity contribution in [3.8, 4) is 65.2 Å². The molecule has 3 heterocycles. The van der Waals surface area contributed by atoms with Crippen LogP contribution < -0.4 is 5.73 Å². The molecular weight excluding hydrogens is 639 g/mol. The highest BCUT2D eigenvalue weighted by atomic mass is 32.1. The molecule has 0 bridgehead atoms. The highest BCUT2D eigenvalue weighted by molar-refractivity contribution is 7.18. The third-order valence-electron chi connectivity index (χ3n) is 7.92. The topological polar surface area (TPSA) is 126 Å². The van der Waals surface area contributed by atoms with Gasteiger partial charge in [0.15, 0.2) is 0 Å². The summed E-state index contributed by atoms with van der Waals surface area (Å²) < 4.78 is 0. The molecule has 4 N–H and O–H groups in total. The van der Waals surface area contributed by atoms with Crippen LogP contribution in [0.4, 0.5) is 5.69 Å². The predicted octanol–water partition coefficient (Wildman–Crippen LogP) is 9.89. The van der Waals surface area contributed by atoms with E-state index in [2.05, 4.69) is 31.2 Å². The molecule has 0 saturated carbocycles. The van der Waals surface area contributed by atoms with Gasteiger partial charge in [0.1, 0.15) is 5.69 Å². The Balaban J connectivity index is 1.44. The molecule has 0 spiro atoms. The van der Waals surface area contributed by atoms with E-state index in [1.54, 1.807) is 71.2 Å². The van der Waals surface area contributed by atoms with E-state index < -0.39 is 11.9 Å².